The van der Waals surface area contributed by atoms with Gasteiger partial charge in [0.25, 0.3) is 0 Å². The van der Waals surface area contributed by atoms with E-state index in [2.05, 4.69) is 31.1 Å². The topological polar surface area (TPSA) is 48.5 Å². The predicted octanol–water partition coefficient (Wildman–Crippen LogP) is 3.47. The number of benzene rings is 1. The van der Waals surface area contributed by atoms with Gasteiger partial charge in [-0.3, -0.25) is 14.7 Å². The van der Waals surface area contributed by atoms with Gasteiger partial charge in [-0.05, 0) is 30.3 Å². The first-order valence-electron chi connectivity index (χ1n) is 9.68. The zero-order valence-electron chi connectivity index (χ0n) is 16.7. The Balaban J connectivity index is 1.71. The maximum atomic E-state index is 13.9. The zero-order chi connectivity index (χ0) is 21.7. The predicted molar refractivity (Wildman–Crippen MR) is 112 cm³/mol. The molecule has 9 heteroatoms. The van der Waals surface area contributed by atoms with Crippen LogP contribution in [0, 0.1) is 0 Å². The maximum absolute atomic E-state index is 13.9. The highest BCUT2D eigenvalue weighted by atomic mass is 79.9. The van der Waals surface area contributed by atoms with E-state index in [0.29, 0.717) is 5.69 Å². The lowest BCUT2D eigenvalue weighted by Crippen LogP contribution is -2.44. The van der Waals surface area contributed by atoms with Crippen molar-refractivity contribution in [2.75, 3.05) is 33.2 Å². The fraction of sp³-hybridized carbons (Fsp3) is 0.429. The number of piperazine rings is 1. The van der Waals surface area contributed by atoms with Crippen molar-refractivity contribution in [3.8, 4) is 0 Å². The van der Waals surface area contributed by atoms with Crippen molar-refractivity contribution in [3.63, 3.8) is 0 Å². The summed E-state index contributed by atoms with van der Waals surface area (Å²) in [5.74, 6) is -0.377. The summed E-state index contributed by atoms with van der Waals surface area (Å²) in [5, 5.41) is 2.60. The SMILES string of the molecule is CN1CCN(Cc2cccc(CNC(=O)Cc3cc(Br)ccn3)c2C(F)(F)F)CC1. The number of alkyl halides is 3. The second kappa shape index (κ2) is 9.89. The van der Waals surface area contributed by atoms with Crippen molar-refractivity contribution in [3.05, 3.63) is 63.4 Å². The minimum absolute atomic E-state index is 0.00176. The number of carbonyl (C=O) groups is 1. The monoisotopic (exact) mass is 484 g/mol. The average Bonchev–Trinajstić information content (AvgIpc) is 2.67. The molecule has 1 saturated heterocycles. The molecule has 0 radical (unpaired) electrons. The summed E-state index contributed by atoms with van der Waals surface area (Å²) in [6, 6.07) is 8.02. The Morgan fingerprint density at radius 2 is 1.87 bits per heavy atom. The molecule has 0 aliphatic carbocycles. The number of rotatable bonds is 6. The van der Waals surface area contributed by atoms with E-state index in [1.54, 1.807) is 24.4 Å². The minimum atomic E-state index is -4.49. The van der Waals surface area contributed by atoms with E-state index in [-0.39, 0.29) is 36.5 Å². The maximum Gasteiger partial charge on any atom is 0.417 e. The molecule has 0 unspecified atom stereocenters. The Morgan fingerprint density at radius 1 is 1.17 bits per heavy atom. The van der Waals surface area contributed by atoms with E-state index in [4.69, 9.17) is 0 Å². The molecule has 1 fully saturated rings. The van der Waals surface area contributed by atoms with E-state index in [0.717, 1.165) is 30.7 Å². The van der Waals surface area contributed by atoms with Crippen molar-refractivity contribution in [1.82, 2.24) is 20.1 Å². The van der Waals surface area contributed by atoms with Crippen molar-refractivity contribution >= 4 is 21.8 Å². The number of nitrogens with one attached hydrogen (secondary N) is 1. The standard InChI is InChI=1S/C21H24BrF3N4O/c1-28-7-9-29(10-8-28)14-16-4-2-3-15(20(16)21(23,24)25)13-27-19(30)12-18-11-17(22)5-6-26-18/h2-6,11H,7-10,12-14H2,1H3,(H,27,30). The number of aromatic nitrogens is 1. The molecule has 1 aliphatic rings. The van der Waals surface area contributed by atoms with Crippen molar-refractivity contribution in [2.45, 2.75) is 25.7 Å². The number of hydrogen-bond acceptors (Lipinski definition) is 4. The van der Waals surface area contributed by atoms with Crippen LogP contribution < -0.4 is 5.32 Å². The van der Waals surface area contributed by atoms with Gasteiger partial charge in [-0.25, -0.2) is 0 Å². The van der Waals surface area contributed by atoms with Gasteiger partial charge < -0.3 is 10.2 Å². The van der Waals surface area contributed by atoms with Crippen molar-refractivity contribution < 1.29 is 18.0 Å². The molecule has 30 heavy (non-hydrogen) atoms. The summed E-state index contributed by atoms with van der Waals surface area (Å²) in [5.41, 5.74) is 0.212. The van der Waals surface area contributed by atoms with Crippen LogP contribution in [0.25, 0.3) is 0 Å². The number of carbonyl (C=O) groups excluding carboxylic acids is 1. The summed E-state index contributed by atoms with van der Waals surface area (Å²) in [6.07, 6.45) is -2.92. The minimum Gasteiger partial charge on any atom is -0.352 e. The van der Waals surface area contributed by atoms with Gasteiger partial charge in [0.1, 0.15) is 0 Å². The molecule has 1 aliphatic heterocycles. The molecule has 0 spiro atoms. The van der Waals surface area contributed by atoms with Crippen LogP contribution in [0.1, 0.15) is 22.4 Å². The third-order valence-electron chi connectivity index (χ3n) is 5.11. The normalized spacial score (nSPS) is 15.9. The number of hydrogen-bond donors (Lipinski definition) is 1. The summed E-state index contributed by atoms with van der Waals surface area (Å²) in [4.78, 5) is 20.5. The number of pyridine rings is 1. The van der Waals surface area contributed by atoms with E-state index < -0.39 is 11.7 Å². The van der Waals surface area contributed by atoms with Crippen molar-refractivity contribution in [1.29, 1.82) is 0 Å². The quantitative estimate of drug-likeness (QED) is 0.681. The highest BCUT2D eigenvalue weighted by Crippen LogP contribution is 2.35. The van der Waals surface area contributed by atoms with Crippen LogP contribution in [-0.2, 0) is 30.5 Å². The molecule has 1 aromatic heterocycles. The highest BCUT2D eigenvalue weighted by Gasteiger charge is 2.36. The van der Waals surface area contributed by atoms with Crippen molar-refractivity contribution in [2.24, 2.45) is 0 Å². The van der Waals surface area contributed by atoms with Gasteiger partial charge in [-0.15, -0.1) is 0 Å². The molecule has 5 nitrogen and oxygen atoms in total. The van der Waals surface area contributed by atoms with Crippen LogP contribution in [0.15, 0.2) is 41.0 Å². The van der Waals surface area contributed by atoms with Gasteiger partial charge in [0.05, 0.1) is 17.7 Å². The number of likely N-dealkylation sites (N-methyl/N-ethyl adjacent to an activating group) is 1. The fourth-order valence-electron chi connectivity index (χ4n) is 3.51. The third-order valence-corrected chi connectivity index (χ3v) is 5.60. The largest absolute Gasteiger partial charge is 0.417 e. The van der Waals surface area contributed by atoms with Crippen LogP contribution in [0.2, 0.25) is 0 Å². The van der Waals surface area contributed by atoms with Gasteiger partial charge in [-0.2, -0.15) is 13.2 Å². The molecule has 162 valence electrons. The Labute approximate surface area is 182 Å². The molecule has 1 amide bonds. The Morgan fingerprint density at radius 3 is 2.53 bits per heavy atom. The van der Waals surface area contributed by atoms with Gasteiger partial charge >= 0.3 is 6.18 Å². The molecular formula is C21H24BrF3N4O. The number of nitrogens with zero attached hydrogens (tertiary/aromatic N) is 3. The van der Waals surface area contributed by atoms with Crippen LogP contribution in [0.4, 0.5) is 13.2 Å². The second-order valence-electron chi connectivity index (χ2n) is 7.45. The van der Waals surface area contributed by atoms with Crippen LogP contribution in [0.5, 0.6) is 0 Å². The van der Waals surface area contributed by atoms with Gasteiger partial charge in [-0.1, -0.05) is 34.1 Å². The smallest absolute Gasteiger partial charge is 0.352 e. The van der Waals surface area contributed by atoms with Gasteiger partial charge in [0, 0.05) is 49.9 Å². The average molecular weight is 485 g/mol. The van der Waals surface area contributed by atoms with Gasteiger partial charge in [0.2, 0.25) is 5.91 Å². The first kappa shape index (κ1) is 22.7. The molecule has 0 bridgehead atoms. The molecule has 2 heterocycles. The Hall–Kier alpha value is -1.97. The lowest BCUT2D eigenvalue weighted by atomic mass is 9.99. The Kier molecular flexibility index (Phi) is 7.49. The van der Waals surface area contributed by atoms with Crippen LogP contribution in [-0.4, -0.2) is 53.9 Å². The van der Waals surface area contributed by atoms with E-state index >= 15 is 0 Å². The fourth-order valence-corrected chi connectivity index (χ4v) is 3.89. The molecule has 1 aromatic carbocycles. The van der Waals surface area contributed by atoms with E-state index in [1.807, 2.05) is 11.9 Å². The first-order valence-corrected chi connectivity index (χ1v) is 10.5. The molecular weight excluding hydrogens is 461 g/mol. The lowest BCUT2D eigenvalue weighted by Gasteiger charge is -2.33. The number of amides is 1. The first-order chi connectivity index (χ1) is 14.2. The lowest BCUT2D eigenvalue weighted by molar-refractivity contribution is -0.139. The molecule has 0 atom stereocenters. The molecule has 2 aromatic rings. The molecule has 0 saturated carbocycles. The highest BCUT2D eigenvalue weighted by molar-refractivity contribution is 9.10. The number of halogens is 4. The molecule has 3 rings (SSSR count). The third kappa shape index (κ3) is 6.26. The summed E-state index contributed by atoms with van der Waals surface area (Å²) in [7, 11) is 2.01. The van der Waals surface area contributed by atoms with E-state index in [1.165, 1.54) is 12.1 Å². The second-order valence-corrected chi connectivity index (χ2v) is 8.36. The zero-order valence-corrected chi connectivity index (χ0v) is 18.3. The Bertz CT molecular complexity index is 883. The summed E-state index contributed by atoms with van der Waals surface area (Å²) >= 11 is 3.31. The van der Waals surface area contributed by atoms with Crippen LogP contribution in [0.3, 0.4) is 0 Å². The van der Waals surface area contributed by atoms with E-state index in [9.17, 15) is 18.0 Å². The van der Waals surface area contributed by atoms with Crippen LogP contribution >= 0.6 is 15.9 Å². The summed E-state index contributed by atoms with van der Waals surface area (Å²) in [6.45, 7) is 3.19. The summed E-state index contributed by atoms with van der Waals surface area (Å²) < 4.78 is 42.4. The molecule has 1 N–H and O–H groups in total. The van der Waals surface area contributed by atoms with Gasteiger partial charge in [0.15, 0.2) is 0 Å².